The molecule has 0 aromatic heterocycles. The number of benzene rings is 2. The van der Waals surface area contributed by atoms with Gasteiger partial charge in [0.2, 0.25) is 0 Å². The standard InChI is InChI=1S/C16H20N2O2/c1-3-20-15-10-9-13(11-16(15)19-2)12-17-18-14-7-5-4-6-8-14/h4-11,17-18H,3,12H2,1-2H3. The van der Waals surface area contributed by atoms with Gasteiger partial charge in [-0.3, -0.25) is 0 Å². The van der Waals surface area contributed by atoms with Crippen molar-refractivity contribution in [1.29, 1.82) is 0 Å². The number of hydrogen-bond donors (Lipinski definition) is 2. The number of rotatable bonds is 7. The Morgan fingerprint density at radius 3 is 2.50 bits per heavy atom. The first-order chi connectivity index (χ1) is 9.83. The average Bonchev–Trinajstić information content (AvgIpc) is 2.50. The third-order valence-electron chi connectivity index (χ3n) is 2.83. The van der Waals surface area contributed by atoms with Gasteiger partial charge in [0.25, 0.3) is 0 Å². The molecule has 2 aromatic rings. The first-order valence-corrected chi connectivity index (χ1v) is 6.67. The highest BCUT2D eigenvalue weighted by Crippen LogP contribution is 2.27. The molecule has 0 aliphatic rings. The molecule has 0 saturated carbocycles. The largest absolute Gasteiger partial charge is 0.493 e. The minimum atomic E-state index is 0.628. The summed E-state index contributed by atoms with van der Waals surface area (Å²) in [5, 5.41) is 0. The van der Waals surface area contributed by atoms with E-state index in [1.807, 2.05) is 55.5 Å². The number of anilines is 1. The van der Waals surface area contributed by atoms with Gasteiger partial charge < -0.3 is 14.9 Å². The Labute approximate surface area is 119 Å². The van der Waals surface area contributed by atoms with Crippen molar-refractivity contribution in [2.24, 2.45) is 0 Å². The van der Waals surface area contributed by atoms with Crippen molar-refractivity contribution < 1.29 is 9.47 Å². The quantitative estimate of drug-likeness (QED) is 0.760. The molecule has 0 atom stereocenters. The highest BCUT2D eigenvalue weighted by atomic mass is 16.5. The second-order valence-corrected chi connectivity index (χ2v) is 4.26. The lowest BCUT2D eigenvalue weighted by Crippen LogP contribution is -2.20. The van der Waals surface area contributed by atoms with E-state index in [4.69, 9.17) is 9.47 Å². The number of nitrogens with one attached hydrogen (secondary N) is 2. The van der Waals surface area contributed by atoms with Crippen molar-refractivity contribution in [2.45, 2.75) is 13.5 Å². The highest BCUT2D eigenvalue weighted by molar-refractivity contribution is 5.44. The van der Waals surface area contributed by atoms with E-state index in [1.165, 1.54) is 0 Å². The van der Waals surface area contributed by atoms with E-state index >= 15 is 0 Å². The van der Waals surface area contributed by atoms with E-state index < -0.39 is 0 Å². The van der Waals surface area contributed by atoms with Crippen LogP contribution in [0.25, 0.3) is 0 Å². The van der Waals surface area contributed by atoms with Crippen LogP contribution in [0.4, 0.5) is 5.69 Å². The van der Waals surface area contributed by atoms with Crippen LogP contribution >= 0.6 is 0 Å². The summed E-state index contributed by atoms with van der Waals surface area (Å²) in [4.78, 5) is 0. The van der Waals surface area contributed by atoms with Gasteiger partial charge in [-0.05, 0) is 36.8 Å². The molecule has 106 valence electrons. The Morgan fingerprint density at radius 2 is 1.80 bits per heavy atom. The molecule has 0 saturated heterocycles. The van der Waals surface area contributed by atoms with Crippen LogP contribution in [-0.2, 0) is 6.54 Å². The van der Waals surface area contributed by atoms with Gasteiger partial charge in [-0.2, -0.15) is 0 Å². The van der Waals surface area contributed by atoms with Crippen molar-refractivity contribution in [3.8, 4) is 11.5 Å². The molecule has 0 spiro atoms. The van der Waals surface area contributed by atoms with Gasteiger partial charge in [0.05, 0.1) is 13.7 Å². The Morgan fingerprint density at radius 1 is 1.00 bits per heavy atom. The Kier molecular flexibility index (Phi) is 5.26. The second kappa shape index (κ2) is 7.40. The monoisotopic (exact) mass is 272 g/mol. The molecule has 20 heavy (non-hydrogen) atoms. The Bertz CT molecular complexity index is 529. The van der Waals surface area contributed by atoms with Crippen LogP contribution < -0.4 is 20.3 Å². The van der Waals surface area contributed by atoms with Crippen LogP contribution in [0, 0.1) is 0 Å². The van der Waals surface area contributed by atoms with Crippen LogP contribution in [0.15, 0.2) is 48.5 Å². The predicted octanol–water partition coefficient (Wildman–Crippen LogP) is 3.21. The maximum absolute atomic E-state index is 5.50. The molecule has 0 bridgehead atoms. The van der Waals surface area contributed by atoms with Crippen molar-refractivity contribution in [3.05, 3.63) is 54.1 Å². The molecule has 2 rings (SSSR count). The highest BCUT2D eigenvalue weighted by Gasteiger charge is 2.04. The van der Waals surface area contributed by atoms with E-state index in [-0.39, 0.29) is 0 Å². The predicted molar refractivity (Wildman–Crippen MR) is 81.1 cm³/mol. The summed E-state index contributed by atoms with van der Waals surface area (Å²) >= 11 is 0. The summed E-state index contributed by atoms with van der Waals surface area (Å²) in [5.41, 5.74) is 8.47. The Balaban J connectivity index is 1.93. The van der Waals surface area contributed by atoms with E-state index in [0.29, 0.717) is 13.2 Å². The van der Waals surface area contributed by atoms with Gasteiger partial charge in [0.15, 0.2) is 11.5 Å². The third kappa shape index (κ3) is 3.90. The fraction of sp³-hybridized carbons (Fsp3) is 0.250. The number of methoxy groups -OCH3 is 1. The van der Waals surface area contributed by atoms with Gasteiger partial charge in [0, 0.05) is 12.2 Å². The van der Waals surface area contributed by atoms with Crippen molar-refractivity contribution in [3.63, 3.8) is 0 Å². The van der Waals surface area contributed by atoms with Crippen molar-refractivity contribution >= 4 is 5.69 Å². The zero-order valence-electron chi connectivity index (χ0n) is 11.8. The fourth-order valence-electron chi connectivity index (χ4n) is 1.87. The molecule has 0 heterocycles. The van der Waals surface area contributed by atoms with Gasteiger partial charge >= 0.3 is 0 Å². The zero-order valence-corrected chi connectivity index (χ0v) is 11.8. The van der Waals surface area contributed by atoms with E-state index in [0.717, 1.165) is 22.7 Å². The molecule has 0 fully saturated rings. The van der Waals surface area contributed by atoms with Crippen LogP contribution in [0.3, 0.4) is 0 Å². The number of ether oxygens (including phenoxy) is 2. The fourth-order valence-corrected chi connectivity index (χ4v) is 1.87. The van der Waals surface area contributed by atoms with E-state index in [2.05, 4.69) is 10.9 Å². The summed E-state index contributed by atoms with van der Waals surface area (Å²) in [6.45, 7) is 3.28. The topological polar surface area (TPSA) is 42.5 Å². The first kappa shape index (κ1) is 14.2. The molecule has 0 amide bonds. The van der Waals surface area contributed by atoms with Gasteiger partial charge in [-0.25, -0.2) is 5.43 Å². The number of para-hydroxylation sites is 1. The van der Waals surface area contributed by atoms with E-state index in [9.17, 15) is 0 Å². The molecule has 0 radical (unpaired) electrons. The summed E-state index contributed by atoms with van der Waals surface area (Å²) in [6.07, 6.45) is 0. The van der Waals surface area contributed by atoms with Crippen LogP contribution in [0.2, 0.25) is 0 Å². The van der Waals surface area contributed by atoms with Crippen LogP contribution in [-0.4, -0.2) is 13.7 Å². The molecular formula is C16H20N2O2. The maximum atomic E-state index is 5.50. The van der Waals surface area contributed by atoms with Gasteiger partial charge in [0.1, 0.15) is 0 Å². The lowest BCUT2D eigenvalue weighted by Gasteiger charge is -2.12. The van der Waals surface area contributed by atoms with Crippen LogP contribution in [0.1, 0.15) is 12.5 Å². The number of hydrazine groups is 1. The molecule has 2 aromatic carbocycles. The summed E-state index contributed by atoms with van der Waals surface area (Å²) in [6, 6.07) is 15.9. The van der Waals surface area contributed by atoms with Crippen LogP contribution in [0.5, 0.6) is 11.5 Å². The summed E-state index contributed by atoms with van der Waals surface area (Å²) < 4.78 is 10.8. The smallest absolute Gasteiger partial charge is 0.161 e. The third-order valence-corrected chi connectivity index (χ3v) is 2.83. The average molecular weight is 272 g/mol. The van der Waals surface area contributed by atoms with Gasteiger partial charge in [-0.15, -0.1) is 0 Å². The summed E-state index contributed by atoms with van der Waals surface area (Å²) in [5.74, 6) is 1.53. The molecule has 4 nitrogen and oxygen atoms in total. The first-order valence-electron chi connectivity index (χ1n) is 6.67. The molecule has 4 heteroatoms. The molecule has 0 aliphatic carbocycles. The minimum Gasteiger partial charge on any atom is -0.493 e. The normalized spacial score (nSPS) is 10.1. The van der Waals surface area contributed by atoms with Crippen molar-refractivity contribution in [2.75, 3.05) is 19.1 Å². The molecule has 0 unspecified atom stereocenters. The SMILES string of the molecule is CCOc1ccc(CNNc2ccccc2)cc1OC. The zero-order chi connectivity index (χ0) is 14.2. The molecular weight excluding hydrogens is 252 g/mol. The molecule has 2 N–H and O–H groups in total. The minimum absolute atomic E-state index is 0.628. The maximum Gasteiger partial charge on any atom is 0.161 e. The second-order valence-electron chi connectivity index (χ2n) is 4.26. The van der Waals surface area contributed by atoms with E-state index in [1.54, 1.807) is 7.11 Å². The lowest BCUT2D eigenvalue weighted by molar-refractivity contribution is 0.310. The number of hydrogen-bond acceptors (Lipinski definition) is 4. The Hall–Kier alpha value is -2.20. The lowest BCUT2D eigenvalue weighted by atomic mass is 10.2. The van der Waals surface area contributed by atoms with Crippen molar-refractivity contribution in [1.82, 2.24) is 5.43 Å². The van der Waals surface area contributed by atoms with Gasteiger partial charge in [-0.1, -0.05) is 24.3 Å². The molecule has 0 aliphatic heterocycles. The summed E-state index contributed by atoms with van der Waals surface area (Å²) in [7, 11) is 1.65.